The first-order valence-corrected chi connectivity index (χ1v) is 4.21. The summed E-state index contributed by atoms with van der Waals surface area (Å²) in [5, 5.41) is 2.81. The van der Waals surface area contributed by atoms with E-state index in [0.717, 1.165) is 5.56 Å². The van der Waals surface area contributed by atoms with Crippen molar-refractivity contribution in [3.05, 3.63) is 40.9 Å². The molecule has 0 saturated heterocycles. The number of hydrogen-bond acceptors (Lipinski definition) is 4. The standard InChI is InChI=1S/C10H13N3O/c1-13(2)7-10(11)8-3-5-9(12-14)6-4-8/h3-7H,11H2,1-2H3/b10-7-. The molecule has 0 heterocycles. The number of benzene rings is 1. The molecule has 14 heavy (non-hydrogen) atoms. The van der Waals surface area contributed by atoms with Crippen molar-refractivity contribution in [1.82, 2.24) is 4.90 Å². The summed E-state index contributed by atoms with van der Waals surface area (Å²) in [5.74, 6) is 0. The second kappa shape index (κ2) is 4.41. The molecule has 1 aromatic rings. The van der Waals surface area contributed by atoms with Gasteiger partial charge in [0, 0.05) is 20.3 Å². The van der Waals surface area contributed by atoms with Crippen molar-refractivity contribution in [2.45, 2.75) is 0 Å². The van der Waals surface area contributed by atoms with Gasteiger partial charge < -0.3 is 10.6 Å². The predicted molar refractivity (Wildman–Crippen MR) is 57.7 cm³/mol. The van der Waals surface area contributed by atoms with Crippen LogP contribution in [0.15, 0.2) is 35.6 Å². The zero-order valence-corrected chi connectivity index (χ0v) is 8.27. The van der Waals surface area contributed by atoms with E-state index in [1.807, 2.05) is 25.2 Å². The predicted octanol–water partition coefficient (Wildman–Crippen LogP) is 1.90. The Hall–Kier alpha value is -1.84. The van der Waals surface area contributed by atoms with Crippen LogP contribution in [0.4, 0.5) is 5.69 Å². The summed E-state index contributed by atoms with van der Waals surface area (Å²) in [4.78, 5) is 12.0. The lowest BCUT2D eigenvalue weighted by Gasteiger charge is -2.07. The molecule has 0 spiro atoms. The summed E-state index contributed by atoms with van der Waals surface area (Å²) in [6.45, 7) is 0. The molecule has 2 N–H and O–H groups in total. The van der Waals surface area contributed by atoms with Crippen LogP contribution in [0.1, 0.15) is 5.56 Å². The summed E-state index contributed by atoms with van der Waals surface area (Å²) < 4.78 is 0. The second-order valence-electron chi connectivity index (χ2n) is 3.19. The van der Waals surface area contributed by atoms with E-state index in [1.165, 1.54) is 0 Å². The average Bonchev–Trinajstić information content (AvgIpc) is 2.17. The molecule has 0 aliphatic rings. The molecule has 4 heteroatoms. The zero-order valence-electron chi connectivity index (χ0n) is 8.27. The van der Waals surface area contributed by atoms with E-state index in [2.05, 4.69) is 5.18 Å². The first kappa shape index (κ1) is 10.2. The Morgan fingerprint density at radius 3 is 2.36 bits per heavy atom. The minimum Gasteiger partial charge on any atom is -0.397 e. The maximum absolute atomic E-state index is 10.2. The molecule has 0 radical (unpaired) electrons. The highest BCUT2D eigenvalue weighted by Crippen LogP contribution is 2.15. The first-order chi connectivity index (χ1) is 6.63. The van der Waals surface area contributed by atoms with Crippen LogP contribution >= 0.6 is 0 Å². The van der Waals surface area contributed by atoms with Crippen molar-refractivity contribution in [1.29, 1.82) is 0 Å². The van der Waals surface area contributed by atoms with Crippen LogP contribution in [0, 0.1) is 4.91 Å². The summed E-state index contributed by atoms with van der Waals surface area (Å²) in [6.07, 6.45) is 1.81. The highest BCUT2D eigenvalue weighted by molar-refractivity contribution is 5.63. The Kier molecular flexibility index (Phi) is 3.23. The molecular formula is C10H13N3O. The number of nitrogens with two attached hydrogens (primary N) is 1. The molecule has 0 unspecified atom stereocenters. The van der Waals surface area contributed by atoms with Gasteiger partial charge >= 0.3 is 0 Å². The smallest absolute Gasteiger partial charge is 0.108 e. The Balaban J connectivity index is 2.92. The van der Waals surface area contributed by atoms with Gasteiger partial charge in [-0.25, -0.2) is 0 Å². The molecule has 1 rings (SSSR count). The van der Waals surface area contributed by atoms with Gasteiger partial charge in [-0.1, -0.05) is 12.1 Å². The van der Waals surface area contributed by atoms with Gasteiger partial charge in [0.15, 0.2) is 0 Å². The highest BCUT2D eigenvalue weighted by Gasteiger charge is 1.97. The molecule has 0 aromatic heterocycles. The number of nitroso groups, excluding NO2 is 1. The number of rotatable bonds is 3. The van der Waals surface area contributed by atoms with E-state index in [0.29, 0.717) is 11.4 Å². The van der Waals surface area contributed by atoms with Crippen molar-refractivity contribution >= 4 is 11.4 Å². The van der Waals surface area contributed by atoms with Crippen LogP contribution in [0.25, 0.3) is 5.70 Å². The molecule has 0 aliphatic heterocycles. The third-order valence-corrected chi connectivity index (χ3v) is 1.70. The molecule has 0 fully saturated rings. The lowest BCUT2D eigenvalue weighted by molar-refractivity contribution is 0.565. The molecule has 0 bridgehead atoms. The minimum atomic E-state index is 0.409. The van der Waals surface area contributed by atoms with Crippen LogP contribution < -0.4 is 5.73 Å². The lowest BCUT2D eigenvalue weighted by atomic mass is 10.1. The van der Waals surface area contributed by atoms with Gasteiger partial charge in [-0.3, -0.25) is 0 Å². The van der Waals surface area contributed by atoms with Crippen LogP contribution in [0.3, 0.4) is 0 Å². The highest BCUT2D eigenvalue weighted by atomic mass is 16.3. The summed E-state index contributed by atoms with van der Waals surface area (Å²) in [5.41, 5.74) is 7.75. The van der Waals surface area contributed by atoms with Crippen LogP contribution in [0.5, 0.6) is 0 Å². The molecule has 0 atom stereocenters. The van der Waals surface area contributed by atoms with E-state index in [9.17, 15) is 4.91 Å². The topological polar surface area (TPSA) is 58.7 Å². The third kappa shape index (κ3) is 2.58. The molecule has 0 aliphatic carbocycles. The van der Waals surface area contributed by atoms with Gasteiger partial charge in [0.1, 0.15) is 5.69 Å². The van der Waals surface area contributed by atoms with E-state index >= 15 is 0 Å². The number of nitrogens with zero attached hydrogens (tertiary/aromatic N) is 2. The maximum Gasteiger partial charge on any atom is 0.108 e. The Morgan fingerprint density at radius 1 is 1.36 bits per heavy atom. The summed E-state index contributed by atoms with van der Waals surface area (Å²) >= 11 is 0. The molecular weight excluding hydrogens is 178 g/mol. The van der Waals surface area contributed by atoms with E-state index < -0.39 is 0 Å². The third-order valence-electron chi connectivity index (χ3n) is 1.70. The van der Waals surface area contributed by atoms with Gasteiger partial charge in [-0.2, -0.15) is 0 Å². The van der Waals surface area contributed by atoms with Crippen molar-refractivity contribution in [2.75, 3.05) is 14.1 Å². The van der Waals surface area contributed by atoms with Crippen LogP contribution in [-0.4, -0.2) is 19.0 Å². The zero-order chi connectivity index (χ0) is 10.6. The van der Waals surface area contributed by atoms with Gasteiger partial charge in [-0.15, -0.1) is 4.91 Å². The van der Waals surface area contributed by atoms with Gasteiger partial charge in [-0.05, 0) is 22.9 Å². The van der Waals surface area contributed by atoms with Crippen molar-refractivity contribution in [2.24, 2.45) is 10.9 Å². The van der Waals surface area contributed by atoms with E-state index in [-0.39, 0.29) is 0 Å². The van der Waals surface area contributed by atoms with E-state index in [4.69, 9.17) is 5.73 Å². The fraction of sp³-hybridized carbons (Fsp3) is 0.200. The largest absolute Gasteiger partial charge is 0.397 e. The van der Waals surface area contributed by atoms with Crippen molar-refractivity contribution in [3.63, 3.8) is 0 Å². The monoisotopic (exact) mass is 191 g/mol. The SMILES string of the molecule is CN(C)/C=C(\N)c1ccc(N=O)cc1. The van der Waals surface area contributed by atoms with Gasteiger partial charge in [0.05, 0.1) is 5.70 Å². The fourth-order valence-electron chi connectivity index (χ4n) is 1.07. The lowest BCUT2D eigenvalue weighted by Crippen LogP contribution is -2.06. The first-order valence-electron chi connectivity index (χ1n) is 4.21. The van der Waals surface area contributed by atoms with Gasteiger partial charge in [0.2, 0.25) is 0 Å². The van der Waals surface area contributed by atoms with Crippen molar-refractivity contribution in [3.8, 4) is 0 Å². The van der Waals surface area contributed by atoms with Crippen LogP contribution in [-0.2, 0) is 0 Å². The minimum absolute atomic E-state index is 0.409. The quantitative estimate of drug-likeness (QED) is 0.742. The summed E-state index contributed by atoms with van der Waals surface area (Å²) in [6, 6.07) is 6.82. The molecule has 0 saturated carbocycles. The fourth-order valence-corrected chi connectivity index (χ4v) is 1.07. The molecule has 1 aromatic carbocycles. The molecule has 4 nitrogen and oxygen atoms in total. The normalized spacial score (nSPS) is 11.1. The van der Waals surface area contributed by atoms with Crippen molar-refractivity contribution < 1.29 is 0 Å². The van der Waals surface area contributed by atoms with Crippen LogP contribution in [0.2, 0.25) is 0 Å². The van der Waals surface area contributed by atoms with Gasteiger partial charge in [0.25, 0.3) is 0 Å². The number of hydrogen-bond donors (Lipinski definition) is 1. The maximum atomic E-state index is 10.2. The Morgan fingerprint density at radius 2 is 1.93 bits per heavy atom. The summed E-state index contributed by atoms with van der Waals surface area (Å²) in [7, 11) is 3.79. The molecule has 74 valence electrons. The Bertz CT molecular complexity index is 341. The average molecular weight is 191 g/mol. The molecule has 0 amide bonds. The van der Waals surface area contributed by atoms with E-state index in [1.54, 1.807) is 24.3 Å². The second-order valence-corrected chi connectivity index (χ2v) is 3.19. The Labute approximate surface area is 83.0 Å².